The zero-order chi connectivity index (χ0) is 20.5. The molecule has 0 spiro atoms. The highest BCUT2D eigenvalue weighted by Crippen LogP contribution is 2.11. The van der Waals surface area contributed by atoms with Crippen LogP contribution < -0.4 is 0 Å². The lowest BCUT2D eigenvalue weighted by Crippen LogP contribution is -1.89. The highest BCUT2D eigenvalue weighted by molar-refractivity contribution is 5.22. The van der Waals surface area contributed by atoms with Gasteiger partial charge in [-0.25, -0.2) is 0 Å². The Hall–Kier alpha value is -1.82. The fourth-order valence-electron chi connectivity index (χ4n) is 2.77. The molecule has 0 radical (unpaired) electrons. The van der Waals surface area contributed by atoms with Crippen molar-refractivity contribution in [1.82, 2.24) is 0 Å². The van der Waals surface area contributed by atoms with Gasteiger partial charge in [0, 0.05) is 0 Å². The minimum Gasteiger partial charge on any atom is -0.100 e. The summed E-state index contributed by atoms with van der Waals surface area (Å²) in [4.78, 5) is 0. The molecule has 0 fully saturated rings. The number of unbranched alkanes of at least 4 members (excludes halogenated alkanes) is 2. The van der Waals surface area contributed by atoms with Crippen LogP contribution in [0.3, 0.4) is 0 Å². The Morgan fingerprint density at radius 3 is 1.33 bits per heavy atom. The summed E-state index contributed by atoms with van der Waals surface area (Å²) in [5, 5.41) is 0. The molecule has 0 N–H and O–H groups in total. The van der Waals surface area contributed by atoms with Crippen molar-refractivity contribution in [2.24, 2.45) is 0 Å². The molecule has 0 saturated heterocycles. The van der Waals surface area contributed by atoms with E-state index in [2.05, 4.69) is 82.8 Å². The largest absolute Gasteiger partial charge is 0.100 e. The quantitative estimate of drug-likeness (QED) is 0.324. The first-order valence-corrected chi connectivity index (χ1v) is 10.8. The average Bonchev–Trinajstić information content (AvgIpc) is 2.66. The van der Waals surface area contributed by atoms with E-state index >= 15 is 0 Å². The number of aryl methyl sites for hydroxylation is 4. The van der Waals surface area contributed by atoms with E-state index < -0.39 is 0 Å². The molecule has 0 amide bonds. The molecule has 2 aromatic rings. The molecule has 0 aliphatic heterocycles. The first-order valence-electron chi connectivity index (χ1n) is 10.8. The predicted octanol–water partition coefficient (Wildman–Crippen LogP) is 8.65. The van der Waals surface area contributed by atoms with Gasteiger partial charge in [0.1, 0.15) is 0 Å². The van der Waals surface area contributed by atoms with Crippen LogP contribution in [0, 0.1) is 13.8 Å². The Morgan fingerprint density at radius 1 is 0.704 bits per heavy atom. The maximum atomic E-state index is 3.74. The van der Waals surface area contributed by atoms with Crippen LogP contribution in [0.5, 0.6) is 0 Å². The Kier molecular flexibility index (Phi) is 15.3. The highest BCUT2D eigenvalue weighted by atomic mass is 14.0. The zero-order valence-electron chi connectivity index (χ0n) is 18.8. The van der Waals surface area contributed by atoms with Gasteiger partial charge in [0.25, 0.3) is 0 Å². The first kappa shape index (κ1) is 25.2. The number of hydrogen-bond donors (Lipinski definition) is 0. The molecule has 2 aromatic carbocycles. The Bertz CT molecular complexity index is 539. The van der Waals surface area contributed by atoms with E-state index in [0.717, 1.165) is 0 Å². The molecule has 0 bridgehead atoms. The monoisotopic (exact) mass is 366 g/mol. The summed E-state index contributed by atoms with van der Waals surface area (Å²) in [7, 11) is 0. The van der Waals surface area contributed by atoms with Gasteiger partial charge >= 0.3 is 0 Å². The van der Waals surface area contributed by atoms with Crippen molar-refractivity contribution in [3.63, 3.8) is 0 Å². The van der Waals surface area contributed by atoms with Crippen molar-refractivity contribution in [1.29, 1.82) is 0 Å². The van der Waals surface area contributed by atoms with Crippen molar-refractivity contribution in [2.75, 3.05) is 0 Å². The molecule has 0 atom stereocenters. The summed E-state index contributed by atoms with van der Waals surface area (Å²) in [6, 6.07) is 17.9. The van der Waals surface area contributed by atoms with Crippen LogP contribution in [0.15, 0.2) is 60.7 Å². The third-order valence-electron chi connectivity index (χ3n) is 4.35. The Morgan fingerprint density at radius 2 is 1.07 bits per heavy atom. The molecule has 0 saturated carbocycles. The van der Waals surface area contributed by atoms with Gasteiger partial charge in [-0.05, 0) is 64.0 Å². The lowest BCUT2D eigenvalue weighted by molar-refractivity contribution is 0.678. The van der Waals surface area contributed by atoms with Gasteiger partial charge in [0.05, 0.1) is 0 Å². The lowest BCUT2D eigenvalue weighted by atomic mass is 10.0. The fourth-order valence-corrected chi connectivity index (χ4v) is 2.77. The summed E-state index contributed by atoms with van der Waals surface area (Å²) in [6.07, 6.45) is 8.77. The summed E-state index contributed by atoms with van der Waals surface area (Å²) < 4.78 is 0. The molecule has 150 valence electrons. The van der Waals surface area contributed by atoms with Crippen molar-refractivity contribution in [3.8, 4) is 0 Å². The first-order chi connectivity index (χ1) is 13.0. The van der Waals surface area contributed by atoms with E-state index in [1.807, 2.05) is 13.8 Å². The van der Waals surface area contributed by atoms with Gasteiger partial charge in [-0.1, -0.05) is 98.8 Å². The van der Waals surface area contributed by atoms with Crippen molar-refractivity contribution < 1.29 is 0 Å². The molecule has 0 aliphatic carbocycles. The van der Waals surface area contributed by atoms with Crippen LogP contribution in [0.25, 0.3) is 0 Å². The summed E-state index contributed by atoms with van der Waals surface area (Å²) >= 11 is 0. The lowest BCUT2D eigenvalue weighted by Gasteiger charge is -2.04. The van der Waals surface area contributed by atoms with E-state index in [9.17, 15) is 0 Å². The Labute approximate surface area is 169 Å². The van der Waals surface area contributed by atoms with E-state index in [0.29, 0.717) is 0 Å². The molecule has 0 heterocycles. The number of benzene rings is 2. The van der Waals surface area contributed by atoms with Crippen LogP contribution in [0.2, 0.25) is 0 Å². The summed E-state index contributed by atoms with van der Waals surface area (Å²) in [5.41, 5.74) is 6.94. The third kappa shape index (κ3) is 14.0. The second kappa shape index (κ2) is 16.4. The molecular weight excluding hydrogens is 324 g/mol. The summed E-state index contributed by atoms with van der Waals surface area (Å²) in [5.74, 6) is 0. The van der Waals surface area contributed by atoms with Crippen LogP contribution >= 0.6 is 0 Å². The molecule has 27 heavy (non-hydrogen) atoms. The van der Waals surface area contributed by atoms with Crippen LogP contribution in [-0.2, 0) is 12.8 Å². The predicted molar refractivity (Wildman–Crippen MR) is 125 cm³/mol. The number of allylic oxidation sites excluding steroid dienone is 1. The van der Waals surface area contributed by atoms with Crippen molar-refractivity contribution in [3.05, 3.63) is 82.9 Å². The summed E-state index contributed by atoms with van der Waals surface area (Å²) in [6.45, 7) is 16.3. The normalized spacial score (nSPS) is 9.56. The number of rotatable bonds is 8. The minimum atomic E-state index is 1.18. The molecule has 0 heteroatoms. The highest BCUT2D eigenvalue weighted by Gasteiger charge is 1.96. The molecule has 0 nitrogen and oxygen atoms in total. The minimum absolute atomic E-state index is 1.18. The fraction of sp³-hybridized carbons (Fsp3) is 0.481. The van der Waals surface area contributed by atoms with Crippen LogP contribution in [0.4, 0.5) is 0 Å². The second-order valence-corrected chi connectivity index (χ2v) is 7.24. The second-order valence-electron chi connectivity index (χ2n) is 7.24. The van der Waals surface area contributed by atoms with Gasteiger partial charge in [0.15, 0.2) is 0 Å². The van der Waals surface area contributed by atoms with Gasteiger partial charge < -0.3 is 0 Å². The topological polar surface area (TPSA) is 0 Å². The van der Waals surface area contributed by atoms with Crippen LogP contribution in [-0.4, -0.2) is 0 Å². The van der Waals surface area contributed by atoms with E-state index in [-0.39, 0.29) is 0 Å². The van der Waals surface area contributed by atoms with E-state index in [4.69, 9.17) is 0 Å². The van der Waals surface area contributed by atoms with Crippen molar-refractivity contribution >= 4 is 0 Å². The maximum absolute atomic E-state index is 3.74. The third-order valence-corrected chi connectivity index (χ3v) is 4.35. The molecular formula is C27H42. The van der Waals surface area contributed by atoms with E-state index in [1.54, 1.807) is 0 Å². The van der Waals surface area contributed by atoms with Gasteiger partial charge in [-0.2, -0.15) is 0 Å². The average molecular weight is 367 g/mol. The van der Waals surface area contributed by atoms with Crippen molar-refractivity contribution in [2.45, 2.75) is 86.5 Å². The molecule has 2 rings (SSSR count). The standard InChI is InChI=1S/C19H24.C6H12.C2H6/c1-16-8-12-18(13-9-16)6-4-3-5-7-19-14-10-17(2)11-15-19;1-4-5-6(2)3;1-2/h8-15H,3-7H2,1-2H3;2,4-5H2,1,3H3;1-2H3. The maximum Gasteiger partial charge on any atom is -0.0279 e. The number of hydrogen-bond acceptors (Lipinski definition) is 0. The van der Waals surface area contributed by atoms with Gasteiger partial charge in [0.2, 0.25) is 0 Å². The van der Waals surface area contributed by atoms with Crippen LogP contribution in [0.1, 0.15) is 82.1 Å². The van der Waals surface area contributed by atoms with Gasteiger partial charge in [-0.3, -0.25) is 0 Å². The SMILES string of the molecule is C=C(C)CCC.CC.Cc1ccc(CCCCCc2ccc(C)cc2)cc1. The Balaban J connectivity index is 0.000000722. The molecule has 0 unspecified atom stereocenters. The van der Waals surface area contributed by atoms with E-state index in [1.165, 1.54) is 72.8 Å². The smallest absolute Gasteiger partial charge is 0.0279 e. The molecule has 0 aliphatic rings. The molecule has 0 aromatic heterocycles. The zero-order valence-corrected chi connectivity index (χ0v) is 18.8. The van der Waals surface area contributed by atoms with Gasteiger partial charge in [-0.15, -0.1) is 6.58 Å².